The first-order chi connectivity index (χ1) is 14.4. The second kappa shape index (κ2) is 7.06. The van der Waals surface area contributed by atoms with E-state index >= 15 is 0 Å². The van der Waals surface area contributed by atoms with Gasteiger partial charge in [-0.1, -0.05) is 44.8 Å². The summed E-state index contributed by atoms with van der Waals surface area (Å²) in [4.78, 5) is 6.63. The number of aliphatic hydroxyl groups is 1. The molecule has 5 aliphatic carbocycles. The van der Waals surface area contributed by atoms with Gasteiger partial charge in [0.25, 0.3) is 0 Å². The predicted octanol–water partition coefficient (Wildman–Crippen LogP) is 5.87. The Kier molecular flexibility index (Phi) is 4.76. The van der Waals surface area contributed by atoms with Gasteiger partial charge in [-0.15, -0.1) is 0 Å². The fourth-order valence-corrected chi connectivity index (χ4v) is 9.83. The van der Waals surface area contributed by atoms with E-state index in [-0.39, 0.29) is 6.10 Å². The van der Waals surface area contributed by atoms with Crippen molar-refractivity contribution in [2.75, 3.05) is 0 Å². The number of hydroxylamine groups is 2. The molecule has 0 aromatic heterocycles. The Hall–Kier alpha value is -0.380. The van der Waals surface area contributed by atoms with Crippen molar-refractivity contribution in [1.82, 2.24) is 5.06 Å². The molecule has 1 aliphatic heterocycles. The maximum Gasteiger partial charge on any atom is 0.0814 e. The molecule has 0 aromatic rings. The van der Waals surface area contributed by atoms with Crippen molar-refractivity contribution in [3.05, 3.63) is 11.6 Å². The maximum absolute atomic E-state index is 10.3. The minimum Gasteiger partial charge on any atom is -0.393 e. The third-order valence-electron chi connectivity index (χ3n) is 11.2. The Morgan fingerprint density at radius 2 is 1.83 bits per heavy atom. The summed E-state index contributed by atoms with van der Waals surface area (Å²) in [5.41, 5.74) is 2.40. The van der Waals surface area contributed by atoms with Crippen LogP contribution in [0.5, 0.6) is 0 Å². The molecule has 1 unspecified atom stereocenters. The molecule has 0 spiro atoms. The van der Waals surface area contributed by atoms with Gasteiger partial charge < -0.3 is 5.11 Å². The van der Waals surface area contributed by atoms with E-state index in [1.165, 1.54) is 64.2 Å². The second-order valence-electron chi connectivity index (χ2n) is 12.5. The average molecular weight is 414 g/mol. The topological polar surface area (TPSA) is 32.7 Å². The van der Waals surface area contributed by atoms with Crippen LogP contribution < -0.4 is 0 Å². The largest absolute Gasteiger partial charge is 0.393 e. The molecule has 9 atom stereocenters. The van der Waals surface area contributed by atoms with E-state index in [0.717, 1.165) is 36.5 Å². The first kappa shape index (κ1) is 20.2. The molecule has 3 nitrogen and oxygen atoms in total. The van der Waals surface area contributed by atoms with Gasteiger partial charge >= 0.3 is 0 Å². The molecule has 1 N–H and O–H groups in total. The smallest absolute Gasteiger partial charge is 0.0814 e. The molecule has 5 fully saturated rings. The molecule has 168 valence electrons. The molecule has 6 rings (SSSR count). The third kappa shape index (κ3) is 2.73. The highest BCUT2D eigenvalue weighted by molar-refractivity contribution is 5.26. The molecule has 3 heteroatoms. The van der Waals surface area contributed by atoms with Gasteiger partial charge in [0, 0.05) is 18.0 Å². The zero-order chi connectivity index (χ0) is 20.7. The highest BCUT2D eigenvalue weighted by Gasteiger charge is 2.65. The van der Waals surface area contributed by atoms with Crippen LogP contribution in [0.3, 0.4) is 0 Å². The van der Waals surface area contributed by atoms with Crippen LogP contribution in [0.25, 0.3) is 0 Å². The summed E-state index contributed by atoms with van der Waals surface area (Å²) in [7, 11) is 0. The highest BCUT2D eigenvalue weighted by Crippen LogP contribution is 2.68. The predicted molar refractivity (Wildman–Crippen MR) is 120 cm³/mol. The lowest BCUT2D eigenvalue weighted by molar-refractivity contribution is -0.199. The minimum atomic E-state index is -0.0948. The summed E-state index contributed by atoms with van der Waals surface area (Å²) in [6.07, 6.45) is 18.3. The summed E-state index contributed by atoms with van der Waals surface area (Å²) in [5.74, 6) is 3.25. The lowest BCUT2D eigenvalue weighted by Gasteiger charge is -2.58. The zero-order valence-electron chi connectivity index (χ0n) is 19.5. The Balaban J connectivity index is 1.30. The van der Waals surface area contributed by atoms with E-state index in [1.807, 2.05) is 0 Å². The fourth-order valence-electron chi connectivity index (χ4n) is 9.83. The second-order valence-corrected chi connectivity index (χ2v) is 12.5. The van der Waals surface area contributed by atoms with Gasteiger partial charge in [0.2, 0.25) is 0 Å². The van der Waals surface area contributed by atoms with Gasteiger partial charge in [-0.25, -0.2) is 0 Å². The van der Waals surface area contributed by atoms with Crippen LogP contribution in [0, 0.1) is 34.5 Å². The Morgan fingerprint density at radius 3 is 2.63 bits per heavy atom. The number of aliphatic hydroxyl groups excluding tert-OH is 1. The summed E-state index contributed by atoms with van der Waals surface area (Å²) >= 11 is 0. The van der Waals surface area contributed by atoms with Gasteiger partial charge in [-0.05, 0) is 93.3 Å². The molecule has 30 heavy (non-hydrogen) atoms. The van der Waals surface area contributed by atoms with E-state index in [0.29, 0.717) is 29.0 Å². The number of hydrogen-bond acceptors (Lipinski definition) is 3. The first-order valence-corrected chi connectivity index (χ1v) is 13.2. The normalized spacial score (nSPS) is 54.1. The van der Waals surface area contributed by atoms with Crippen molar-refractivity contribution in [2.45, 2.75) is 122 Å². The molecule has 4 saturated carbocycles. The van der Waals surface area contributed by atoms with E-state index < -0.39 is 0 Å². The molecule has 0 radical (unpaired) electrons. The van der Waals surface area contributed by atoms with Crippen molar-refractivity contribution < 1.29 is 9.94 Å². The Bertz CT molecular complexity index is 714. The molecule has 6 aliphatic rings. The quantitative estimate of drug-likeness (QED) is 0.545. The van der Waals surface area contributed by atoms with Crippen molar-refractivity contribution in [1.29, 1.82) is 0 Å². The van der Waals surface area contributed by atoms with Crippen LogP contribution >= 0.6 is 0 Å². The summed E-state index contributed by atoms with van der Waals surface area (Å²) in [6.45, 7) is 7.58. The van der Waals surface area contributed by atoms with Gasteiger partial charge in [-0.3, -0.25) is 4.84 Å². The van der Waals surface area contributed by atoms with Crippen LogP contribution in [0.4, 0.5) is 0 Å². The molecule has 1 heterocycles. The fraction of sp³-hybridized carbons (Fsp3) is 0.926. The van der Waals surface area contributed by atoms with Crippen molar-refractivity contribution in [3.63, 3.8) is 0 Å². The number of nitrogens with zero attached hydrogens (tertiary/aromatic N) is 1. The van der Waals surface area contributed by atoms with Crippen LogP contribution in [0.2, 0.25) is 0 Å². The molecular formula is C27H43NO2. The summed E-state index contributed by atoms with van der Waals surface area (Å²) in [6, 6.07) is 1.33. The number of hydrogen-bond donors (Lipinski definition) is 1. The first-order valence-electron chi connectivity index (χ1n) is 13.2. The summed E-state index contributed by atoms with van der Waals surface area (Å²) in [5, 5.41) is 12.8. The minimum absolute atomic E-state index is 0.0948. The van der Waals surface area contributed by atoms with Gasteiger partial charge in [-0.2, -0.15) is 5.06 Å². The standard InChI is InChI=1S/C27H43NO2/c1-17-25-24(28(30-17)19-7-5-4-6-8-19)16-23-21-10-9-18-15-20(29)11-13-26(18,2)22(21)12-14-27(23,25)3/h9,17,19-25,29H,4-8,10-16H2,1-3H3/t17-,20+,21-,22+,23?,24-,25-,26+,27+/m1/s1. The van der Waals surface area contributed by atoms with Crippen molar-refractivity contribution in [2.24, 2.45) is 34.5 Å². The lowest BCUT2D eigenvalue weighted by Crippen LogP contribution is -2.51. The number of fused-ring (bicyclic) bond motifs is 7. The molecule has 0 bridgehead atoms. The molecule has 1 saturated heterocycles. The van der Waals surface area contributed by atoms with Crippen LogP contribution in [0.15, 0.2) is 11.6 Å². The molecule has 0 aromatic carbocycles. The van der Waals surface area contributed by atoms with Crippen molar-refractivity contribution in [3.8, 4) is 0 Å². The maximum atomic E-state index is 10.3. The van der Waals surface area contributed by atoms with Crippen molar-refractivity contribution >= 4 is 0 Å². The van der Waals surface area contributed by atoms with Gasteiger partial charge in [0.1, 0.15) is 0 Å². The highest BCUT2D eigenvalue weighted by atomic mass is 16.7. The molecule has 0 amide bonds. The molecular weight excluding hydrogens is 370 g/mol. The third-order valence-corrected chi connectivity index (χ3v) is 11.2. The Morgan fingerprint density at radius 1 is 1.03 bits per heavy atom. The Labute approximate surface area is 183 Å². The van der Waals surface area contributed by atoms with Gasteiger partial charge in [0.15, 0.2) is 0 Å². The van der Waals surface area contributed by atoms with E-state index in [1.54, 1.807) is 5.57 Å². The van der Waals surface area contributed by atoms with Crippen LogP contribution in [0.1, 0.15) is 97.8 Å². The lowest BCUT2D eigenvalue weighted by atomic mass is 9.47. The van der Waals surface area contributed by atoms with E-state index in [2.05, 4.69) is 31.9 Å². The zero-order valence-corrected chi connectivity index (χ0v) is 19.5. The van der Waals surface area contributed by atoms with Gasteiger partial charge in [0.05, 0.1) is 12.2 Å². The summed E-state index contributed by atoms with van der Waals surface area (Å²) < 4.78 is 0. The van der Waals surface area contributed by atoms with E-state index in [4.69, 9.17) is 4.84 Å². The SMILES string of the molecule is C[C@H]1ON(C2CCCCC2)[C@@H]2CC3[C@@H]4CC=C5C[C@@H](O)CC[C@]5(C)[C@H]4CC[C@]3(C)[C@@H]21. The van der Waals surface area contributed by atoms with Crippen LogP contribution in [-0.4, -0.2) is 34.5 Å². The average Bonchev–Trinajstić information content (AvgIpc) is 3.24. The monoisotopic (exact) mass is 413 g/mol. The van der Waals surface area contributed by atoms with Crippen LogP contribution in [-0.2, 0) is 4.84 Å². The number of allylic oxidation sites excluding steroid dienone is 1. The number of rotatable bonds is 1. The van der Waals surface area contributed by atoms with E-state index in [9.17, 15) is 5.11 Å².